The molecule has 0 saturated carbocycles. The molecule has 3 atom stereocenters. The van der Waals surface area contributed by atoms with Gasteiger partial charge in [0.05, 0.1) is 6.33 Å². The summed E-state index contributed by atoms with van der Waals surface area (Å²) in [6, 6.07) is 0.300. The molecule has 0 aliphatic carbocycles. The van der Waals surface area contributed by atoms with Crippen LogP contribution in [0.4, 0.5) is 5.82 Å². The van der Waals surface area contributed by atoms with E-state index in [1.807, 2.05) is 0 Å². The molecule has 6 heteroatoms. The van der Waals surface area contributed by atoms with Gasteiger partial charge in [0.1, 0.15) is 5.52 Å². The minimum absolute atomic E-state index is 0.216. The van der Waals surface area contributed by atoms with Gasteiger partial charge in [-0.1, -0.05) is 33.6 Å². The average molecular weight is 296 g/mol. The summed E-state index contributed by atoms with van der Waals surface area (Å²) in [5.41, 5.74) is 1.39. The highest BCUT2D eigenvalue weighted by atomic mass is 35.5. The molecule has 0 amide bonds. The first-order chi connectivity index (χ1) is 9.52. The molecule has 20 heavy (non-hydrogen) atoms. The molecule has 0 saturated heterocycles. The molecule has 0 spiro atoms. The molecule has 0 aliphatic rings. The topological polar surface area (TPSA) is 66.5 Å². The van der Waals surface area contributed by atoms with Gasteiger partial charge in [0.2, 0.25) is 5.28 Å². The molecular formula is C14H22ClN5. The zero-order valence-electron chi connectivity index (χ0n) is 12.4. The summed E-state index contributed by atoms with van der Waals surface area (Å²) in [5.74, 6) is 1.93. The maximum atomic E-state index is 5.94. The van der Waals surface area contributed by atoms with Crippen LogP contribution in [-0.2, 0) is 0 Å². The molecule has 0 radical (unpaired) electrons. The van der Waals surface area contributed by atoms with Gasteiger partial charge in [-0.15, -0.1) is 0 Å². The Balaban J connectivity index is 2.17. The maximum Gasteiger partial charge on any atom is 0.226 e. The van der Waals surface area contributed by atoms with Crippen LogP contribution in [0.3, 0.4) is 0 Å². The zero-order chi connectivity index (χ0) is 14.7. The summed E-state index contributed by atoms with van der Waals surface area (Å²) in [6.45, 7) is 8.96. The van der Waals surface area contributed by atoms with Gasteiger partial charge in [-0.2, -0.15) is 9.97 Å². The van der Waals surface area contributed by atoms with Crippen LogP contribution in [0, 0.1) is 11.8 Å². The predicted molar refractivity (Wildman–Crippen MR) is 83.0 cm³/mol. The third kappa shape index (κ3) is 3.20. The van der Waals surface area contributed by atoms with E-state index in [4.69, 9.17) is 11.6 Å². The molecular weight excluding hydrogens is 274 g/mol. The maximum absolute atomic E-state index is 5.94. The van der Waals surface area contributed by atoms with Crippen molar-refractivity contribution in [3.05, 3.63) is 11.6 Å². The molecule has 2 N–H and O–H groups in total. The lowest BCUT2D eigenvalue weighted by Gasteiger charge is -2.27. The van der Waals surface area contributed by atoms with Crippen LogP contribution in [0.15, 0.2) is 6.33 Å². The van der Waals surface area contributed by atoms with Gasteiger partial charge >= 0.3 is 0 Å². The Morgan fingerprint density at radius 1 is 1.30 bits per heavy atom. The molecule has 0 aliphatic heterocycles. The van der Waals surface area contributed by atoms with Gasteiger partial charge in [-0.25, -0.2) is 4.98 Å². The lowest BCUT2D eigenvalue weighted by atomic mass is 9.87. The highest BCUT2D eigenvalue weighted by Crippen LogP contribution is 2.25. The predicted octanol–water partition coefficient (Wildman–Crippen LogP) is 3.88. The van der Waals surface area contributed by atoms with E-state index in [9.17, 15) is 0 Å². The van der Waals surface area contributed by atoms with E-state index >= 15 is 0 Å². The summed E-state index contributed by atoms with van der Waals surface area (Å²) < 4.78 is 0. The van der Waals surface area contributed by atoms with E-state index in [-0.39, 0.29) is 5.28 Å². The first-order valence-electron chi connectivity index (χ1n) is 7.16. The fourth-order valence-electron chi connectivity index (χ4n) is 2.47. The van der Waals surface area contributed by atoms with Crippen LogP contribution >= 0.6 is 11.6 Å². The van der Waals surface area contributed by atoms with Crippen LogP contribution in [0.2, 0.25) is 5.28 Å². The number of aromatic amines is 1. The number of hydrogen-bond donors (Lipinski definition) is 2. The molecule has 2 heterocycles. The Morgan fingerprint density at radius 2 is 2.05 bits per heavy atom. The van der Waals surface area contributed by atoms with E-state index in [2.05, 4.69) is 52.9 Å². The lowest BCUT2D eigenvalue weighted by Crippen LogP contribution is -2.29. The third-order valence-electron chi connectivity index (χ3n) is 4.05. The van der Waals surface area contributed by atoms with Crippen molar-refractivity contribution in [1.82, 2.24) is 19.9 Å². The monoisotopic (exact) mass is 295 g/mol. The van der Waals surface area contributed by atoms with Crippen LogP contribution < -0.4 is 5.32 Å². The fraction of sp³-hybridized carbons (Fsp3) is 0.643. The summed E-state index contributed by atoms with van der Waals surface area (Å²) in [4.78, 5) is 15.5. The number of halogens is 1. The molecule has 2 aromatic heterocycles. The minimum Gasteiger partial charge on any atom is -0.365 e. The SMILES string of the molecule is CCCC(C)C(C)C(C)Nc1nc(Cl)nc2nc[nH]c12. The molecule has 0 fully saturated rings. The van der Waals surface area contributed by atoms with Crippen molar-refractivity contribution >= 4 is 28.6 Å². The van der Waals surface area contributed by atoms with Crippen molar-refractivity contribution in [1.29, 1.82) is 0 Å². The number of nitrogens with zero attached hydrogens (tertiary/aromatic N) is 3. The zero-order valence-corrected chi connectivity index (χ0v) is 13.2. The van der Waals surface area contributed by atoms with Crippen LogP contribution in [0.1, 0.15) is 40.5 Å². The normalized spacial score (nSPS) is 16.1. The summed E-state index contributed by atoms with van der Waals surface area (Å²) in [7, 11) is 0. The van der Waals surface area contributed by atoms with Gasteiger partial charge in [-0.3, -0.25) is 0 Å². The second-order valence-electron chi connectivity index (χ2n) is 5.50. The largest absolute Gasteiger partial charge is 0.365 e. The molecule has 0 bridgehead atoms. The summed E-state index contributed by atoms with van der Waals surface area (Å²) in [6.07, 6.45) is 4.05. The Bertz CT molecular complexity index is 568. The van der Waals surface area contributed by atoms with Gasteiger partial charge in [0.25, 0.3) is 0 Å². The fourth-order valence-corrected chi connectivity index (χ4v) is 2.63. The molecule has 2 rings (SSSR count). The highest BCUT2D eigenvalue weighted by Gasteiger charge is 2.20. The third-order valence-corrected chi connectivity index (χ3v) is 4.22. The molecule has 0 aromatic carbocycles. The van der Waals surface area contributed by atoms with Crippen molar-refractivity contribution < 1.29 is 0 Å². The second kappa shape index (κ2) is 6.39. The standard InChI is InChI=1S/C14H22ClN5/c1-5-6-8(2)9(3)10(4)18-13-11-12(17-7-16-11)19-14(15)20-13/h7-10H,5-6H2,1-4H3,(H2,16,17,18,19,20). The molecule has 2 aromatic rings. The van der Waals surface area contributed by atoms with Crippen molar-refractivity contribution in [3.8, 4) is 0 Å². The lowest BCUT2D eigenvalue weighted by molar-refractivity contribution is 0.330. The average Bonchev–Trinajstić information content (AvgIpc) is 2.86. The number of H-pyrrole nitrogens is 1. The van der Waals surface area contributed by atoms with E-state index < -0.39 is 0 Å². The van der Waals surface area contributed by atoms with E-state index in [1.165, 1.54) is 12.8 Å². The van der Waals surface area contributed by atoms with Crippen LogP contribution in [0.25, 0.3) is 11.2 Å². The second-order valence-corrected chi connectivity index (χ2v) is 5.84. The van der Waals surface area contributed by atoms with Crippen molar-refractivity contribution in [2.75, 3.05) is 5.32 Å². The van der Waals surface area contributed by atoms with E-state index in [1.54, 1.807) is 6.33 Å². The summed E-state index contributed by atoms with van der Waals surface area (Å²) >= 11 is 5.94. The number of fused-ring (bicyclic) bond motifs is 1. The quantitative estimate of drug-likeness (QED) is 0.794. The van der Waals surface area contributed by atoms with E-state index in [0.717, 1.165) is 11.3 Å². The van der Waals surface area contributed by atoms with Gasteiger partial charge in [0.15, 0.2) is 11.5 Å². The Morgan fingerprint density at radius 3 is 2.75 bits per heavy atom. The Kier molecular flexibility index (Phi) is 4.81. The highest BCUT2D eigenvalue weighted by molar-refractivity contribution is 6.28. The van der Waals surface area contributed by atoms with Crippen molar-refractivity contribution in [2.24, 2.45) is 11.8 Å². The number of anilines is 1. The molecule has 3 unspecified atom stereocenters. The van der Waals surface area contributed by atoms with Crippen LogP contribution in [-0.4, -0.2) is 26.0 Å². The van der Waals surface area contributed by atoms with Gasteiger partial charge in [-0.05, 0) is 30.4 Å². The van der Waals surface area contributed by atoms with Gasteiger partial charge < -0.3 is 10.3 Å². The smallest absolute Gasteiger partial charge is 0.226 e. The molecule has 110 valence electrons. The first kappa shape index (κ1) is 15.0. The number of imidazole rings is 1. The van der Waals surface area contributed by atoms with E-state index in [0.29, 0.717) is 23.5 Å². The minimum atomic E-state index is 0.216. The van der Waals surface area contributed by atoms with Crippen molar-refractivity contribution in [2.45, 2.75) is 46.6 Å². The Labute approximate surface area is 124 Å². The number of nitrogens with one attached hydrogen (secondary N) is 2. The number of hydrogen-bond acceptors (Lipinski definition) is 4. The Hall–Kier alpha value is -1.36. The summed E-state index contributed by atoms with van der Waals surface area (Å²) in [5, 5.41) is 3.66. The number of aromatic nitrogens is 4. The number of rotatable bonds is 6. The van der Waals surface area contributed by atoms with Crippen LogP contribution in [0.5, 0.6) is 0 Å². The first-order valence-corrected chi connectivity index (χ1v) is 7.53. The van der Waals surface area contributed by atoms with Crippen molar-refractivity contribution in [3.63, 3.8) is 0 Å². The molecule has 5 nitrogen and oxygen atoms in total. The van der Waals surface area contributed by atoms with Gasteiger partial charge in [0, 0.05) is 6.04 Å².